The number of methoxy groups -OCH3 is 1. The molecule has 0 saturated heterocycles. The van der Waals surface area contributed by atoms with Gasteiger partial charge in [0.25, 0.3) is 5.91 Å². The van der Waals surface area contributed by atoms with Crippen molar-refractivity contribution in [3.63, 3.8) is 0 Å². The van der Waals surface area contributed by atoms with Crippen LogP contribution in [0.3, 0.4) is 0 Å². The molecule has 0 spiro atoms. The minimum atomic E-state index is -0.764. The first-order valence-electron chi connectivity index (χ1n) is 4.56. The van der Waals surface area contributed by atoms with Crippen molar-refractivity contribution in [2.45, 2.75) is 6.10 Å². The van der Waals surface area contributed by atoms with E-state index < -0.39 is 12.0 Å². The fourth-order valence-corrected chi connectivity index (χ4v) is 1.17. The zero-order valence-corrected chi connectivity index (χ0v) is 9.08. The van der Waals surface area contributed by atoms with Crippen LogP contribution >= 0.6 is 0 Å². The lowest BCUT2D eigenvalue weighted by atomic mass is 10.3. The largest absolute Gasteiger partial charge is 0.389 e. The van der Waals surface area contributed by atoms with Crippen LogP contribution in [0.1, 0.15) is 10.5 Å². The molecular formula is C8H14N4O4. The number of nitrogen functional groups attached to an aromatic ring is 1. The summed E-state index contributed by atoms with van der Waals surface area (Å²) in [5, 5.41) is 16.1. The summed E-state index contributed by atoms with van der Waals surface area (Å²) in [6, 6.07) is 0. The molecule has 0 saturated carbocycles. The first kappa shape index (κ1) is 12.4. The van der Waals surface area contributed by atoms with Crippen LogP contribution < -0.4 is 5.73 Å². The molecule has 3 N–H and O–H groups in total. The van der Waals surface area contributed by atoms with Crippen molar-refractivity contribution in [1.82, 2.24) is 15.2 Å². The number of hydrogen-bond acceptors (Lipinski definition) is 7. The highest BCUT2D eigenvalue weighted by molar-refractivity contribution is 5.95. The fraction of sp³-hybridized carbons (Fsp3) is 0.625. The fourth-order valence-electron chi connectivity index (χ4n) is 1.17. The summed E-state index contributed by atoms with van der Waals surface area (Å²) in [7, 11) is 2.97. The van der Waals surface area contributed by atoms with Crippen LogP contribution in [-0.2, 0) is 4.74 Å². The number of aliphatic hydroxyl groups excluding tert-OH is 1. The standard InChI is InChI=1S/C8H14N4O4/c1-12(3-5(13)4-15-2)8(14)6-7(9)11-16-10-6/h5,13H,3-4H2,1-2H3,(H2,9,11). The molecule has 1 rings (SSSR count). The van der Waals surface area contributed by atoms with Crippen LogP contribution in [0.4, 0.5) is 5.82 Å². The van der Waals surface area contributed by atoms with Gasteiger partial charge in [0.05, 0.1) is 12.7 Å². The van der Waals surface area contributed by atoms with Gasteiger partial charge in [-0.3, -0.25) is 4.79 Å². The highest BCUT2D eigenvalue weighted by atomic mass is 16.6. The molecule has 1 heterocycles. The van der Waals surface area contributed by atoms with E-state index in [1.807, 2.05) is 0 Å². The summed E-state index contributed by atoms with van der Waals surface area (Å²) in [4.78, 5) is 13.0. The predicted molar refractivity (Wildman–Crippen MR) is 53.6 cm³/mol. The first-order chi connectivity index (χ1) is 7.56. The van der Waals surface area contributed by atoms with E-state index in [2.05, 4.69) is 14.9 Å². The van der Waals surface area contributed by atoms with Crippen LogP contribution in [-0.4, -0.2) is 59.6 Å². The first-order valence-corrected chi connectivity index (χ1v) is 4.56. The second-order valence-corrected chi connectivity index (χ2v) is 3.29. The molecule has 1 amide bonds. The number of nitrogens with zero attached hydrogens (tertiary/aromatic N) is 3. The molecule has 1 atom stereocenters. The second-order valence-electron chi connectivity index (χ2n) is 3.29. The summed E-state index contributed by atoms with van der Waals surface area (Å²) in [5.41, 5.74) is 5.30. The summed E-state index contributed by atoms with van der Waals surface area (Å²) >= 11 is 0. The number of ether oxygens (including phenoxy) is 1. The van der Waals surface area contributed by atoms with Crippen molar-refractivity contribution in [1.29, 1.82) is 0 Å². The van der Waals surface area contributed by atoms with Gasteiger partial charge in [-0.2, -0.15) is 0 Å². The lowest BCUT2D eigenvalue weighted by molar-refractivity contribution is 0.0376. The van der Waals surface area contributed by atoms with Crippen LogP contribution in [0, 0.1) is 0 Å². The lowest BCUT2D eigenvalue weighted by Gasteiger charge is -2.19. The highest BCUT2D eigenvalue weighted by Gasteiger charge is 2.21. The smallest absolute Gasteiger partial charge is 0.279 e. The number of rotatable bonds is 5. The van der Waals surface area contributed by atoms with E-state index in [1.54, 1.807) is 0 Å². The molecule has 0 aliphatic heterocycles. The SMILES string of the molecule is COCC(O)CN(C)C(=O)c1nonc1N. The van der Waals surface area contributed by atoms with Gasteiger partial charge in [-0.05, 0) is 10.3 Å². The molecule has 90 valence electrons. The second kappa shape index (κ2) is 5.42. The number of aliphatic hydroxyl groups is 1. The van der Waals surface area contributed by atoms with Gasteiger partial charge in [0, 0.05) is 20.7 Å². The molecule has 0 aliphatic rings. The number of carbonyl (C=O) groups is 1. The van der Waals surface area contributed by atoms with E-state index in [0.717, 1.165) is 0 Å². The molecule has 0 aliphatic carbocycles. The maximum absolute atomic E-state index is 11.7. The van der Waals surface area contributed by atoms with Crippen molar-refractivity contribution < 1.29 is 19.3 Å². The average Bonchev–Trinajstić information content (AvgIpc) is 2.63. The summed E-state index contributed by atoms with van der Waals surface area (Å²) in [6.45, 7) is 0.253. The third-order valence-electron chi connectivity index (χ3n) is 1.91. The quantitative estimate of drug-likeness (QED) is 0.648. The molecule has 1 aromatic heterocycles. The van der Waals surface area contributed by atoms with Crippen LogP contribution in [0.2, 0.25) is 0 Å². The van der Waals surface area contributed by atoms with Gasteiger partial charge in [-0.25, -0.2) is 4.63 Å². The van der Waals surface area contributed by atoms with E-state index >= 15 is 0 Å². The average molecular weight is 230 g/mol. The number of carbonyl (C=O) groups excluding carboxylic acids is 1. The predicted octanol–water partition coefficient (Wildman–Crippen LogP) is -1.27. The van der Waals surface area contributed by atoms with Crippen molar-refractivity contribution in [2.75, 3.05) is 33.0 Å². The molecule has 1 unspecified atom stereocenters. The van der Waals surface area contributed by atoms with E-state index in [9.17, 15) is 9.90 Å². The number of anilines is 1. The zero-order valence-electron chi connectivity index (χ0n) is 9.08. The molecule has 0 bridgehead atoms. The van der Waals surface area contributed by atoms with E-state index in [-0.39, 0.29) is 24.7 Å². The Morgan fingerprint density at radius 3 is 2.88 bits per heavy atom. The Bertz CT molecular complexity index is 354. The van der Waals surface area contributed by atoms with Crippen molar-refractivity contribution >= 4 is 11.7 Å². The number of hydrogen-bond donors (Lipinski definition) is 2. The van der Waals surface area contributed by atoms with Crippen LogP contribution in [0.15, 0.2) is 4.63 Å². The molecule has 1 aromatic rings. The summed E-state index contributed by atoms with van der Waals surface area (Å²) < 4.78 is 9.05. The lowest BCUT2D eigenvalue weighted by Crippen LogP contribution is -2.36. The molecule has 8 nitrogen and oxygen atoms in total. The Balaban J connectivity index is 2.58. The minimum Gasteiger partial charge on any atom is -0.389 e. The Kier molecular flexibility index (Phi) is 4.20. The molecule has 0 aromatic carbocycles. The Morgan fingerprint density at radius 1 is 1.69 bits per heavy atom. The molecular weight excluding hydrogens is 216 g/mol. The highest BCUT2D eigenvalue weighted by Crippen LogP contribution is 2.07. The molecule has 8 heteroatoms. The Morgan fingerprint density at radius 2 is 2.38 bits per heavy atom. The van der Waals surface area contributed by atoms with Crippen LogP contribution in [0.5, 0.6) is 0 Å². The van der Waals surface area contributed by atoms with Gasteiger partial charge in [-0.1, -0.05) is 0 Å². The monoisotopic (exact) mass is 230 g/mol. The van der Waals surface area contributed by atoms with Crippen molar-refractivity contribution in [2.24, 2.45) is 0 Å². The minimum absolute atomic E-state index is 0.0629. The van der Waals surface area contributed by atoms with E-state index in [0.29, 0.717) is 0 Å². The number of aromatic nitrogens is 2. The van der Waals surface area contributed by atoms with Gasteiger partial charge in [0.15, 0.2) is 0 Å². The summed E-state index contributed by atoms with van der Waals surface area (Å²) in [6.07, 6.45) is -0.764. The summed E-state index contributed by atoms with van der Waals surface area (Å²) in [5.74, 6) is -0.535. The van der Waals surface area contributed by atoms with Crippen molar-refractivity contribution in [3.8, 4) is 0 Å². The third kappa shape index (κ3) is 2.91. The Hall–Kier alpha value is -1.67. The number of likely N-dealkylation sites (N-methyl/N-ethyl adjacent to an activating group) is 1. The van der Waals surface area contributed by atoms with Gasteiger partial charge in [0.2, 0.25) is 11.5 Å². The van der Waals surface area contributed by atoms with E-state index in [1.165, 1.54) is 19.1 Å². The van der Waals surface area contributed by atoms with Gasteiger partial charge in [0.1, 0.15) is 0 Å². The number of amides is 1. The maximum Gasteiger partial charge on any atom is 0.279 e. The normalized spacial score (nSPS) is 12.4. The zero-order chi connectivity index (χ0) is 12.1. The van der Waals surface area contributed by atoms with Gasteiger partial charge >= 0.3 is 0 Å². The van der Waals surface area contributed by atoms with Gasteiger partial charge in [-0.15, -0.1) is 0 Å². The molecule has 0 fully saturated rings. The van der Waals surface area contributed by atoms with Gasteiger partial charge < -0.3 is 20.5 Å². The number of nitrogens with two attached hydrogens (primary N) is 1. The molecule has 16 heavy (non-hydrogen) atoms. The third-order valence-corrected chi connectivity index (χ3v) is 1.91. The topological polar surface area (TPSA) is 115 Å². The molecule has 0 radical (unpaired) electrons. The van der Waals surface area contributed by atoms with Crippen molar-refractivity contribution in [3.05, 3.63) is 5.69 Å². The van der Waals surface area contributed by atoms with E-state index in [4.69, 9.17) is 10.5 Å². The van der Waals surface area contributed by atoms with Crippen LogP contribution in [0.25, 0.3) is 0 Å². The Labute approximate surface area is 91.9 Å². The maximum atomic E-state index is 11.7.